The summed E-state index contributed by atoms with van der Waals surface area (Å²) in [4.78, 5) is 12.6. The number of hydrogen-bond acceptors (Lipinski definition) is 3. The van der Waals surface area contributed by atoms with Crippen molar-refractivity contribution in [1.29, 1.82) is 5.26 Å². The molecule has 1 aliphatic heterocycles. The summed E-state index contributed by atoms with van der Waals surface area (Å²) >= 11 is 6.06. The van der Waals surface area contributed by atoms with E-state index in [0.717, 1.165) is 6.07 Å². The molecule has 0 aliphatic carbocycles. The maximum Gasteiger partial charge on any atom is 0.417 e. The van der Waals surface area contributed by atoms with Crippen LogP contribution in [-0.4, -0.2) is 11.5 Å². The largest absolute Gasteiger partial charge is 0.417 e. The molecule has 0 radical (unpaired) electrons. The minimum absolute atomic E-state index is 0.0644. The summed E-state index contributed by atoms with van der Waals surface area (Å²) in [6.07, 6.45) is -4.68. The number of nitrogens with one attached hydrogen (secondary N) is 1. The van der Waals surface area contributed by atoms with Gasteiger partial charge in [0.05, 0.1) is 22.8 Å². The number of benzene rings is 2. The third-order valence-corrected chi connectivity index (χ3v) is 5.12. The van der Waals surface area contributed by atoms with E-state index in [1.165, 1.54) is 37.3 Å². The van der Waals surface area contributed by atoms with Gasteiger partial charge < -0.3 is 10.1 Å². The molecule has 1 saturated heterocycles. The molecule has 0 spiro atoms. The van der Waals surface area contributed by atoms with Crippen LogP contribution >= 0.6 is 11.6 Å². The number of carbonyl (C=O) groups excluding carboxylic acids is 1. The van der Waals surface area contributed by atoms with Crippen molar-refractivity contribution in [1.82, 2.24) is 0 Å². The van der Waals surface area contributed by atoms with Crippen molar-refractivity contribution in [3.63, 3.8) is 0 Å². The zero-order valence-corrected chi connectivity index (χ0v) is 16.1. The fraction of sp³-hybridized carbons (Fsp3) is 0.300. The summed E-state index contributed by atoms with van der Waals surface area (Å²) in [5.41, 5.74) is -4.28. The van der Waals surface area contributed by atoms with Crippen LogP contribution in [0.1, 0.15) is 37.0 Å². The van der Waals surface area contributed by atoms with Crippen LogP contribution in [0.3, 0.4) is 0 Å². The Hall–Kier alpha value is -2.63. The highest BCUT2D eigenvalue weighted by atomic mass is 35.5. The normalized spacial score (nSPS) is 23.8. The molecule has 29 heavy (non-hydrogen) atoms. The first-order valence-electron chi connectivity index (χ1n) is 8.47. The summed E-state index contributed by atoms with van der Waals surface area (Å²) in [5.74, 6) is -1.27. The Balaban J connectivity index is 1.80. The molecular weight excluding hydrogens is 412 g/mol. The second-order valence-electron chi connectivity index (χ2n) is 7.16. The molecule has 2 unspecified atom stereocenters. The van der Waals surface area contributed by atoms with Gasteiger partial charge in [0.25, 0.3) is 5.91 Å². The van der Waals surface area contributed by atoms with Crippen LogP contribution in [0, 0.1) is 17.1 Å². The SMILES string of the molecule is CC1(C(=O)Nc2ccc(C#N)c(C(F)(F)F)c2)CC(C)(c2c(F)cccc2Cl)O1. The third-order valence-electron chi connectivity index (χ3n) is 4.80. The second-order valence-corrected chi connectivity index (χ2v) is 7.57. The summed E-state index contributed by atoms with van der Waals surface area (Å²) in [6, 6.07) is 8.49. The van der Waals surface area contributed by atoms with E-state index < -0.39 is 40.2 Å². The van der Waals surface area contributed by atoms with Crippen LogP contribution in [-0.2, 0) is 21.3 Å². The molecular formula is C20H15ClF4N2O2. The van der Waals surface area contributed by atoms with E-state index in [0.29, 0.717) is 6.07 Å². The number of nitriles is 1. The lowest BCUT2D eigenvalue weighted by Gasteiger charge is -2.52. The number of carbonyl (C=O) groups is 1. The smallest absolute Gasteiger partial charge is 0.354 e. The van der Waals surface area contributed by atoms with E-state index in [2.05, 4.69) is 5.32 Å². The van der Waals surface area contributed by atoms with Gasteiger partial charge in [0.15, 0.2) is 0 Å². The maximum atomic E-state index is 14.2. The minimum atomic E-state index is -4.75. The molecule has 0 aromatic heterocycles. The Morgan fingerprint density at radius 2 is 1.93 bits per heavy atom. The van der Waals surface area contributed by atoms with Crippen LogP contribution in [0.2, 0.25) is 5.02 Å². The number of anilines is 1. The highest BCUT2D eigenvalue weighted by Gasteiger charge is 2.57. The molecule has 1 N–H and O–H groups in total. The van der Waals surface area contributed by atoms with Gasteiger partial charge in [-0.1, -0.05) is 17.7 Å². The summed E-state index contributed by atoms with van der Waals surface area (Å²) in [5, 5.41) is 11.4. The van der Waals surface area contributed by atoms with Crippen molar-refractivity contribution in [3.8, 4) is 6.07 Å². The Morgan fingerprint density at radius 1 is 1.28 bits per heavy atom. The van der Waals surface area contributed by atoms with Crippen LogP contribution in [0.25, 0.3) is 0 Å². The number of alkyl halides is 3. The second kappa shape index (κ2) is 7.01. The maximum absolute atomic E-state index is 14.2. The highest BCUT2D eigenvalue weighted by molar-refractivity contribution is 6.31. The molecule has 9 heteroatoms. The standard InChI is InChI=1S/C20H15ClF4N2O2/c1-18(16-14(21)4-3-5-15(16)22)10-19(2,29-18)17(28)27-12-7-6-11(9-26)13(8-12)20(23,24)25/h3-8H,10H2,1-2H3,(H,27,28). The molecule has 2 aromatic rings. The molecule has 3 rings (SSSR count). The predicted molar refractivity (Wildman–Crippen MR) is 97.7 cm³/mol. The van der Waals surface area contributed by atoms with Gasteiger partial charge in [-0.15, -0.1) is 0 Å². The average molecular weight is 427 g/mol. The van der Waals surface area contributed by atoms with Gasteiger partial charge in [-0.05, 0) is 44.2 Å². The number of nitrogens with zero attached hydrogens (tertiary/aromatic N) is 1. The van der Waals surface area contributed by atoms with E-state index in [-0.39, 0.29) is 22.7 Å². The van der Waals surface area contributed by atoms with Crippen LogP contribution in [0.15, 0.2) is 36.4 Å². The summed E-state index contributed by atoms with van der Waals surface area (Å²) in [6.45, 7) is 3.03. The van der Waals surface area contributed by atoms with E-state index in [4.69, 9.17) is 21.6 Å². The molecule has 4 nitrogen and oxygen atoms in total. The van der Waals surface area contributed by atoms with E-state index >= 15 is 0 Å². The fourth-order valence-electron chi connectivity index (χ4n) is 3.62. The number of halogens is 5. The van der Waals surface area contributed by atoms with Crippen LogP contribution in [0.5, 0.6) is 0 Å². The first-order chi connectivity index (χ1) is 13.4. The van der Waals surface area contributed by atoms with Gasteiger partial charge in [-0.25, -0.2) is 4.39 Å². The number of ether oxygens (including phenoxy) is 1. The lowest BCUT2D eigenvalue weighted by atomic mass is 9.76. The minimum Gasteiger partial charge on any atom is -0.354 e. The van der Waals surface area contributed by atoms with Gasteiger partial charge in [-0.3, -0.25) is 4.79 Å². The average Bonchev–Trinajstić information content (AvgIpc) is 2.59. The van der Waals surface area contributed by atoms with E-state index in [1.807, 2.05) is 0 Å². The molecule has 1 heterocycles. The third kappa shape index (κ3) is 3.80. The van der Waals surface area contributed by atoms with Gasteiger partial charge in [-0.2, -0.15) is 18.4 Å². The zero-order valence-electron chi connectivity index (χ0n) is 15.3. The van der Waals surface area contributed by atoms with Gasteiger partial charge in [0.2, 0.25) is 0 Å². The Bertz CT molecular complexity index is 1000. The molecule has 1 amide bonds. The summed E-state index contributed by atoms with van der Waals surface area (Å²) < 4.78 is 59.2. The first-order valence-corrected chi connectivity index (χ1v) is 8.85. The van der Waals surface area contributed by atoms with Crippen molar-refractivity contribution in [2.75, 3.05) is 5.32 Å². The van der Waals surface area contributed by atoms with Gasteiger partial charge in [0.1, 0.15) is 11.4 Å². The quantitative estimate of drug-likeness (QED) is 0.668. The van der Waals surface area contributed by atoms with Crippen molar-refractivity contribution in [3.05, 3.63) is 63.9 Å². The Kier molecular flexibility index (Phi) is 5.10. The molecule has 0 saturated carbocycles. The molecule has 1 fully saturated rings. The number of rotatable bonds is 3. The molecule has 152 valence electrons. The zero-order chi connectivity index (χ0) is 21.6. The van der Waals surface area contributed by atoms with Crippen molar-refractivity contribution in [2.45, 2.75) is 37.6 Å². The van der Waals surface area contributed by atoms with E-state index in [1.54, 1.807) is 6.92 Å². The first kappa shape index (κ1) is 21.1. The monoisotopic (exact) mass is 426 g/mol. The van der Waals surface area contributed by atoms with Gasteiger partial charge in [0, 0.05) is 22.7 Å². The fourth-order valence-corrected chi connectivity index (χ4v) is 3.98. The van der Waals surface area contributed by atoms with Crippen LogP contribution in [0.4, 0.5) is 23.2 Å². The molecule has 2 atom stereocenters. The highest BCUT2D eigenvalue weighted by Crippen LogP contribution is 2.51. The lowest BCUT2D eigenvalue weighted by molar-refractivity contribution is -0.252. The van der Waals surface area contributed by atoms with E-state index in [9.17, 15) is 22.4 Å². The summed E-state index contributed by atoms with van der Waals surface area (Å²) in [7, 11) is 0. The topological polar surface area (TPSA) is 62.1 Å². The predicted octanol–water partition coefficient (Wildman–Crippen LogP) is 5.40. The van der Waals surface area contributed by atoms with Gasteiger partial charge >= 0.3 is 6.18 Å². The van der Waals surface area contributed by atoms with Crippen molar-refractivity contribution < 1.29 is 27.1 Å². The van der Waals surface area contributed by atoms with Crippen molar-refractivity contribution in [2.24, 2.45) is 0 Å². The lowest BCUT2D eigenvalue weighted by Crippen LogP contribution is -2.60. The molecule has 0 bridgehead atoms. The number of amides is 1. The van der Waals surface area contributed by atoms with Crippen molar-refractivity contribution >= 4 is 23.2 Å². The van der Waals surface area contributed by atoms with Crippen LogP contribution < -0.4 is 5.32 Å². The Morgan fingerprint density at radius 3 is 2.48 bits per heavy atom. The molecule has 1 aliphatic rings. The number of hydrogen-bond donors (Lipinski definition) is 1. The molecule has 2 aromatic carbocycles. The Labute approximate surface area is 169 Å².